The lowest BCUT2D eigenvalue weighted by molar-refractivity contribution is -0.110. The van der Waals surface area contributed by atoms with Gasteiger partial charge in [0.15, 0.2) is 5.78 Å². The van der Waals surface area contributed by atoms with Gasteiger partial charge in [-0.3, -0.25) is 4.79 Å². The van der Waals surface area contributed by atoms with Gasteiger partial charge in [0.05, 0.1) is 0 Å². The lowest BCUT2D eigenvalue weighted by Crippen LogP contribution is -2.36. The van der Waals surface area contributed by atoms with E-state index in [0.29, 0.717) is 11.0 Å². The number of hydrogen-bond donors (Lipinski definition) is 0. The molecule has 0 heterocycles. The number of hydrogen-bond acceptors (Lipinski definition) is 1. The molecule has 1 saturated carbocycles. The van der Waals surface area contributed by atoms with Crippen molar-refractivity contribution in [2.45, 2.75) is 65.1 Å². The van der Waals surface area contributed by atoms with Crippen molar-refractivity contribution >= 4 is 13.9 Å². The Labute approximate surface area is 130 Å². The largest absolute Gasteiger partial charge is 0.290 e. The topological polar surface area (TPSA) is 17.1 Å². The van der Waals surface area contributed by atoms with Crippen molar-refractivity contribution in [2.75, 3.05) is 0 Å². The Morgan fingerprint density at radius 2 is 2.00 bits per heavy atom. The predicted molar refractivity (Wildman–Crippen MR) is 92.7 cm³/mol. The van der Waals surface area contributed by atoms with Crippen LogP contribution in [0.4, 0.5) is 0 Å². The van der Waals surface area contributed by atoms with Gasteiger partial charge in [-0.2, -0.15) is 0 Å². The molecule has 0 saturated heterocycles. The quantitative estimate of drug-likeness (QED) is 0.459. The molecule has 2 aliphatic rings. The highest BCUT2D eigenvalue weighted by Gasteiger charge is 2.43. The molecule has 2 rings (SSSR count). The Morgan fingerprint density at radius 1 is 1.33 bits per heavy atom. The molecule has 114 valence electrons. The Morgan fingerprint density at radius 3 is 2.57 bits per heavy atom. The van der Waals surface area contributed by atoms with Crippen LogP contribution in [0.1, 0.15) is 47.0 Å². The molecule has 0 aromatic rings. The van der Waals surface area contributed by atoms with Gasteiger partial charge in [-0.1, -0.05) is 51.9 Å². The summed E-state index contributed by atoms with van der Waals surface area (Å²) in [5.41, 5.74) is 4.93. The summed E-state index contributed by atoms with van der Waals surface area (Å²) in [5.74, 6) is 4.15. The molecule has 0 aromatic carbocycles. The number of carbonyl (C=O) groups is 1. The molecule has 2 atom stereocenters. The van der Waals surface area contributed by atoms with E-state index in [1.165, 1.54) is 12.0 Å². The molecule has 1 spiro atoms. The fourth-order valence-corrected chi connectivity index (χ4v) is 4.03. The van der Waals surface area contributed by atoms with Crippen molar-refractivity contribution in [3.8, 4) is 11.5 Å². The third-order valence-electron chi connectivity index (χ3n) is 5.78. The van der Waals surface area contributed by atoms with E-state index in [-0.39, 0.29) is 11.2 Å². The van der Waals surface area contributed by atoms with E-state index in [2.05, 4.69) is 58.3 Å². The molecule has 0 aliphatic heterocycles. The summed E-state index contributed by atoms with van der Waals surface area (Å²) in [5, 5.41) is 0.301. The molecule has 2 heteroatoms. The van der Waals surface area contributed by atoms with Gasteiger partial charge in [0.2, 0.25) is 0 Å². The summed E-state index contributed by atoms with van der Waals surface area (Å²) in [4.78, 5) is 11.6. The Hall–Kier alpha value is -1.07. The van der Waals surface area contributed by atoms with E-state index in [1.807, 2.05) is 6.08 Å². The highest BCUT2D eigenvalue weighted by molar-refractivity contribution is 6.87. The zero-order chi connectivity index (χ0) is 15.9. The van der Waals surface area contributed by atoms with Gasteiger partial charge in [0, 0.05) is 11.3 Å². The molecule has 0 N–H and O–H groups in total. The molecule has 0 aromatic heterocycles. The van der Waals surface area contributed by atoms with E-state index >= 15 is 0 Å². The number of rotatable bonds is 0. The number of allylic oxidation sites excluding steroid dienone is 4. The van der Waals surface area contributed by atoms with Crippen molar-refractivity contribution in [3.05, 3.63) is 23.8 Å². The highest BCUT2D eigenvalue weighted by atomic mass is 28.3. The van der Waals surface area contributed by atoms with Crippen LogP contribution in [0.15, 0.2) is 23.8 Å². The van der Waals surface area contributed by atoms with E-state index in [0.717, 1.165) is 12.8 Å². The van der Waals surface area contributed by atoms with Crippen molar-refractivity contribution in [1.82, 2.24) is 0 Å². The van der Waals surface area contributed by atoms with Crippen LogP contribution in [0.5, 0.6) is 0 Å². The third kappa shape index (κ3) is 2.94. The smallest absolute Gasteiger partial charge is 0.178 e. The second kappa shape index (κ2) is 5.28. The van der Waals surface area contributed by atoms with Gasteiger partial charge in [-0.15, -0.1) is 11.5 Å². The van der Waals surface area contributed by atoms with Crippen LogP contribution in [0.2, 0.25) is 18.1 Å². The fourth-order valence-electron chi connectivity index (χ4n) is 3.12. The van der Waals surface area contributed by atoms with Crippen molar-refractivity contribution in [2.24, 2.45) is 11.3 Å². The molecule has 1 nitrogen and oxygen atoms in total. The second-order valence-electron chi connectivity index (χ2n) is 8.19. The fraction of sp³-hybridized carbons (Fsp3) is 0.632. The first-order valence-electron chi connectivity index (χ1n) is 8.03. The lowest BCUT2D eigenvalue weighted by atomic mass is 9.70. The average Bonchev–Trinajstić information content (AvgIpc) is 2.75. The standard InChI is InChI=1S/C19H28OSi/c1-15-14-17(20)9-12-19(15)11-7-8-16(19)10-13-21(5,6)18(2,3)4/h9,12,14,16H,7-8,11H2,1-6H3. The molecule has 0 bridgehead atoms. The third-order valence-corrected chi connectivity index (χ3v) is 10.3. The molecular formula is C19H28OSi. The molecule has 21 heavy (non-hydrogen) atoms. The molecule has 0 amide bonds. The summed E-state index contributed by atoms with van der Waals surface area (Å²) >= 11 is 0. The maximum atomic E-state index is 11.6. The average molecular weight is 301 g/mol. The van der Waals surface area contributed by atoms with Gasteiger partial charge in [-0.25, -0.2) is 0 Å². The summed E-state index contributed by atoms with van der Waals surface area (Å²) in [7, 11) is -1.56. The summed E-state index contributed by atoms with van der Waals surface area (Å²) in [6.45, 7) is 13.8. The minimum absolute atomic E-state index is 0.0310. The van der Waals surface area contributed by atoms with E-state index in [9.17, 15) is 4.79 Å². The first-order chi connectivity index (χ1) is 9.58. The van der Waals surface area contributed by atoms with E-state index in [4.69, 9.17) is 0 Å². The monoisotopic (exact) mass is 300 g/mol. The summed E-state index contributed by atoms with van der Waals surface area (Å²) < 4.78 is 0. The van der Waals surface area contributed by atoms with Crippen LogP contribution in [0, 0.1) is 22.8 Å². The van der Waals surface area contributed by atoms with Crippen LogP contribution in [0.3, 0.4) is 0 Å². The van der Waals surface area contributed by atoms with Crippen LogP contribution in [-0.2, 0) is 4.79 Å². The first kappa shape index (κ1) is 16.3. The van der Waals surface area contributed by atoms with Gasteiger partial charge in [0.1, 0.15) is 8.07 Å². The maximum absolute atomic E-state index is 11.6. The van der Waals surface area contributed by atoms with Crippen LogP contribution >= 0.6 is 0 Å². The van der Waals surface area contributed by atoms with E-state index in [1.54, 1.807) is 6.08 Å². The molecule has 2 unspecified atom stereocenters. The first-order valence-corrected chi connectivity index (χ1v) is 11.0. The molecular weight excluding hydrogens is 272 g/mol. The zero-order valence-electron chi connectivity index (χ0n) is 14.3. The van der Waals surface area contributed by atoms with Gasteiger partial charge < -0.3 is 0 Å². The van der Waals surface area contributed by atoms with Crippen LogP contribution in [0.25, 0.3) is 0 Å². The van der Waals surface area contributed by atoms with Crippen LogP contribution in [-0.4, -0.2) is 13.9 Å². The minimum Gasteiger partial charge on any atom is -0.290 e. The van der Waals surface area contributed by atoms with Gasteiger partial charge >= 0.3 is 0 Å². The lowest BCUT2D eigenvalue weighted by Gasteiger charge is -2.34. The predicted octanol–water partition coefficient (Wildman–Crippen LogP) is 4.91. The molecule has 2 aliphatic carbocycles. The van der Waals surface area contributed by atoms with E-state index < -0.39 is 8.07 Å². The Balaban J connectivity index is 2.32. The summed E-state index contributed by atoms with van der Waals surface area (Å²) in [6.07, 6.45) is 9.20. The van der Waals surface area contributed by atoms with Crippen molar-refractivity contribution < 1.29 is 4.79 Å². The van der Waals surface area contributed by atoms with Crippen molar-refractivity contribution in [3.63, 3.8) is 0 Å². The van der Waals surface area contributed by atoms with Crippen LogP contribution < -0.4 is 0 Å². The zero-order valence-corrected chi connectivity index (χ0v) is 15.3. The minimum atomic E-state index is -1.56. The maximum Gasteiger partial charge on any atom is 0.178 e. The number of ketones is 1. The highest BCUT2D eigenvalue weighted by Crippen LogP contribution is 2.51. The Kier molecular flexibility index (Phi) is 4.10. The van der Waals surface area contributed by atoms with Gasteiger partial charge in [-0.05, 0) is 37.0 Å². The Bertz CT molecular complexity index is 563. The normalized spacial score (nSPS) is 29.3. The van der Waals surface area contributed by atoms with Gasteiger partial charge in [0.25, 0.3) is 0 Å². The number of carbonyl (C=O) groups excluding carboxylic acids is 1. The second-order valence-corrected chi connectivity index (χ2v) is 13.2. The SMILES string of the molecule is CC1=CC(=O)C=CC12CCCC2C#C[Si](C)(C)C(C)(C)C. The van der Waals surface area contributed by atoms with Crippen molar-refractivity contribution in [1.29, 1.82) is 0 Å². The molecule has 1 fully saturated rings. The summed E-state index contributed by atoms with van der Waals surface area (Å²) in [6, 6.07) is 0. The molecule has 0 radical (unpaired) electrons.